The Kier molecular flexibility index (Phi) is 7.79. The molecule has 4 aromatic rings. The van der Waals surface area contributed by atoms with Crippen LogP contribution < -0.4 is 9.47 Å². The van der Waals surface area contributed by atoms with Crippen molar-refractivity contribution in [3.63, 3.8) is 0 Å². The summed E-state index contributed by atoms with van der Waals surface area (Å²) in [6, 6.07) is 21.2. The lowest BCUT2D eigenvalue weighted by atomic mass is 9.99. The van der Waals surface area contributed by atoms with Crippen molar-refractivity contribution in [3.8, 4) is 34.1 Å². The van der Waals surface area contributed by atoms with Crippen molar-refractivity contribution in [2.24, 2.45) is 0 Å². The number of rotatable bonds is 8. The van der Waals surface area contributed by atoms with Crippen molar-refractivity contribution in [3.05, 3.63) is 77.8 Å². The highest BCUT2D eigenvalue weighted by molar-refractivity contribution is 7.90. The molecule has 1 saturated heterocycles. The summed E-state index contributed by atoms with van der Waals surface area (Å²) in [7, 11) is -3.45. The quantitative estimate of drug-likeness (QED) is 0.256. The second kappa shape index (κ2) is 11.2. The Bertz CT molecular complexity index is 1550. The van der Waals surface area contributed by atoms with Crippen LogP contribution in [0.2, 0.25) is 5.02 Å². The number of likely N-dealkylation sites (tertiary alicyclic amines) is 1. The van der Waals surface area contributed by atoms with Crippen LogP contribution in [0.4, 0.5) is 0 Å². The van der Waals surface area contributed by atoms with Gasteiger partial charge in [-0.2, -0.15) is 0 Å². The van der Waals surface area contributed by atoms with Crippen molar-refractivity contribution in [1.29, 1.82) is 0 Å². The van der Waals surface area contributed by atoms with E-state index in [0.29, 0.717) is 23.7 Å². The normalized spacial score (nSPS) is 14.5. The molecule has 0 unspecified atom stereocenters. The molecule has 6 nitrogen and oxygen atoms in total. The highest BCUT2D eigenvalue weighted by Crippen LogP contribution is 2.42. The fourth-order valence-corrected chi connectivity index (χ4v) is 6.12. The molecular weight excluding hydrogens is 522 g/mol. The lowest BCUT2D eigenvalue weighted by molar-refractivity contribution is 0.183. The molecule has 0 atom stereocenters. The standard InChI is InChI=1S/C30H30ClNO5S/c1-38(34,35)29-14-6-22(20-28(29)31)26-12-5-21-19-23(33)7-13-27(21)30(26)37-25-10-8-24(9-11-25)36-18-17-32-15-3-2-4-16-32/h5-14,19-20,33H,2-4,15-18H2,1H3. The molecule has 0 spiro atoms. The number of nitrogens with zero attached hydrogens (tertiary/aromatic N) is 1. The Balaban J connectivity index is 1.42. The van der Waals surface area contributed by atoms with Gasteiger partial charge in [0.1, 0.15) is 29.6 Å². The Morgan fingerprint density at radius 2 is 1.63 bits per heavy atom. The topological polar surface area (TPSA) is 76.1 Å². The summed E-state index contributed by atoms with van der Waals surface area (Å²) in [5, 5.41) is 11.7. The molecule has 8 heteroatoms. The summed E-state index contributed by atoms with van der Waals surface area (Å²) in [5.74, 6) is 2.13. The van der Waals surface area contributed by atoms with E-state index in [2.05, 4.69) is 4.90 Å². The second-order valence-electron chi connectivity index (χ2n) is 9.59. The fourth-order valence-electron chi connectivity index (χ4n) is 4.79. The number of phenols is 1. The molecule has 1 heterocycles. The van der Waals surface area contributed by atoms with Gasteiger partial charge in [-0.05, 0) is 97.5 Å². The number of phenolic OH excluding ortho intramolecular Hbond substituents is 1. The lowest BCUT2D eigenvalue weighted by Crippen LogP contribution is -2.33. The van der Waals surface area contributed by atoms with Gasteiger partial charge in [-0.15, -0.1) is 0 Å². The smallest absolute Gasteiger partial charge is 0.176 e. The van der Waals surface area contributed by atoms with E-state index >= 15 is 0 Å². The van der Waals surface area contributed by atoms with E-state index in [-0.39, 0.29) is 15.7 Å². The van der Waals surface area contributed by atoms with Crippen LogP contribution in [0.3, 0.4) is 0 Å². The summed E-state index contributed by atoms with van der Waals surface area (Å²) in [4.78, 5) is 2.52. The third-order valence-electron chi connectivity index (χ3n) is 6.76. The van der Waals surface area contributed by atoms with E-state index in [9.17, 15) is 13.5 Å². The highest BCUT2D eigenvalue weighted by Gasteiger charge is 2.17. The van der Waals surface area contributed by atoms with E-state index in [4.69, 9.17) is 21.1 Å². The maximum atomic E-state index is 12.0. The van der Waals surface area contributed by atoms with E-state index in [1.165, 1.54) is 25.3 Å². The Morgan fingerprint density at radius 3 is 2.34 bits per heavy atom. The Labute approximate surface area is 228 Å². The SMILES string of the molecule is CS(=O)(=O)c1ccc(-c2ccc3cc(O)ccc3c2Oc2ccc(OCCN3CCCCC3)cc2)cc1Cl. The number of hydrogen-bond donors (Lipinski definition) is 1. The van der Waals surface area contributed by atoms with Gasteiger partial charge in [-0.1, -0.05) is 30.2 Å². The van der Waals surface area contributed by atoms with E-state index in [1.54, 1.807) is 30.3 Å². The van der Waals surface area contributed by atoms with Crippen molar-refractivity contribution in [1.82, 2.24) is 4.90 Å². The van der Waals surface area contributed by atoms with Crippen LogP contribution in [-0.2, 0) is 9.84 Å². The van der Waals surface area contributed by atoms with Crippen molar-refractivity contribution >= 4 is 32.2 Å². The average molecular weight is 552 g/mol. The molecule has 1 aliphatic rings. The van der Waals surface area contributed by atoms with Crippen LogP contribution in [0.15, 0.2) is 77.7 Å². The van der Waals surface area contributed by atoms with Crippen LogP contribution in [-0.4, -0.2) is 50.9 Å². The summed E-state index contributed by atoms with van der Waals surface area (Å²) in [6.07, 6.45) is 4.97. The molecule has 198 valence electrons. The zero-order valence-electron chi connectivity index (χ0n) is 21.2. The summed E-state index contributed by atoms with van der Waals surface area (Å²) in [6.45, 7) is 3.85. The first-order valence-electron chi connectivity index (χ1n) is 12.7. The molecule has 38 heavy (non-hydrogen) atoms. The van der Waals surface area contributed by atoms with Crippen LogP contribution in [0.5, 0.6) is 23.0 Å². The first-order valence-corrected chi connectivity index (χ1v) is 14.9. The first-order chi connectivity index (χ1) is 18.3. The molecule has 0 aromatic heterocycles. The number of piperidine rings is 1. The minimum atomic E-state index is -3.45. The second-order valence-corrected chi connectivity index (χ2v) is 12.0. The van der Waals surface area contributed by atoms with Crippen LogP contribution in [0.25, 0.3) is 21.9 Å². The lowest BCUT2D eigenvalue weighted by Gasteiger charge is -2.26. The number of sulfone groups is 1. The molecule has 0 aliphatic carbocycles. The molecule has 5 rings (SSSR count). The molecule has 4 aromatic carbocycles. The fraction of sp³-hybridized carbons (Fsp3) is 0.267. The highest BCUT2D eigenvalue weighted by atomic mass is 35.5. The van der Waals surface area contributed by atoms with E-state index in [0.717, 1.165) is 48.0 Å². The molecule has 1 aliphatic heterocycles. The van der Waals surface area contributed by atoms with Gasteiger partial charge in [-0.25, -0.2) is 8.42 Å². The number of ether oxygens (including phenoxy) is 2. The number of fused-ring (bicyclic) bond motifs is 1. The molecule has 1 fully saturated rings. The van der Waals surface area contributed by atoms with E-state index < -0.39 is 9.84 Å². The van der Waals surface area contributed by atoms with Gasteiger partial charge in [0.15, 0.2) is 9.84 Å². The molecule has 0 saturated carbocycles. The van der Waals surface area contributed by atoms with Gasteiger partial charge in [0.2, 0.25) is 0 Å². The van der Waals surface area contributed by atoms with Crippen LogP contribution in [0.1, 0.15) is 19.3 Å². The summed E-state index contributed by atoms with van der Waals surface area (Å²) >= 11 is 6.35. The molecule has 0 radical (unpaired) electrons. The molecule has 0 bridgehead atoms. The van der Waals surface area contributed by atoms with Crippen molar-refractivity contribution in [2.45, 2.75) is 24.2 Å². The van der Waals surface area contributed by atoms with Gasteiger partial charge in [-0.3, -0.25) is 4.90 Å². The number of hydrogen-bond acceptors (Lipinski definition) is 6. The van der Waals surface area contributed by atoms with Crippen molar-refractivity contribution < 1.29 is 23.0 Å². The van der Waals surface area contributed by atoms with Crippen molar-refractivity contribution in [2.75, 3.05) is 32.5 Å². The largest absolute Gasteiger partial charge is 0.508 e. The third kappa shape index (κ3) is 6.07. The van der Waals surface area contributed by atoms with Gasteiger partial charge >= 0.3 is 0 Å². The predicted octanol–water partition coefficient (Wildman–Crippen LogP) is 6.93. The van der Waals surface area contributed by atoms with Gasteiger partial charge < -0.3 is 14.6 Å². The first kappa shape index (κ1) is 26.4. The molecule has 0 amide bonds. The minimum absolute atomic E-state index is 0.0759. The number of benzene rings is 4. The Morgan fingerprint density at radius 1 is 0.895 bits per heavy atom. The predicted molar refractivity (Wildman–Crippen MR) is 151 cm³/mol. The van der Waals surface area contributed by atoms with Crippen LogP contribution >= 0.6 is 11.6 Å². The zero-order valence-corrected chi connectivity index (χ0v) is 22.8. The maximum Gasteiger partial charge on any atom is 0.176 e. The monoisotopic (exact) mass is 551 g/mol. The summed E-state index contributed by atoms with van der Waals surface area (Å²) < 4.78 is 36.4. The van der Waals surface area contributed by atoms with Gasteiger partial charge in [0.25, 0.3) is 0 Å². The Hall–Kier alpha value is -3.26. The van der Waals surface area contributed by atoms with Gasteiger partial charge in [0, 0.05) is 23.8 Å². The van der Waals surface area contributed by atoms with E-state index in [1.807, 2.05) is 36.4 Å². The number of halogens is 1. The van der Waals surface area contributed by atoms with Gasteiger partial charge in [0.05, 0.1) is 9.92 Å². The number of aromatic hydroxyl groups is 1. The van der Waals surface area contributed by atoms with Crippen LogP contribution in [0, 0.1) is 0 Å². The third-order valence-corrected chi connectivity index (χ3v) is 8.34. The average Bonchev–Trinajstić information content (AvgIpc) is 2.89. The molecule has 1 N–H and O–H groups in total. The maximum absolute atomic E-state index is 12.0. The summed E-state index contributed by atoms with van der Waals surface area (Å²) in [5.41, 5.74) is 1.46. The molecular formula is C30H30ClNO5S. The zero-order chi connectivity index (χ0) is 26.7. The minimum Gasteiger partial charge on any atom is -0.508 e.